The van der Waals surface area contributed by atoms with Gasteiger partial charge in [0.2, 0.25) is 10.0 Å². The number of carbonyl (C=O) groups is 1. The first-order chi connectivity index (χ1) is 12.4. The lowest BCUT2D eigenvalue weighted by Gasteiger charge is -2.37. The average Bonchev–Trinajstić information content (AvgIpc) is 2.64. The molecule has 138 valence electrons. The number of rotatable bonds is 5. The van der Waals surface area contributed by atoms with Crippen molar-refractivity contribution >= 4 is 16.0 Å². The summed E-state index contributed by atoms with van der Waals surface area (Å²) in [5.41, 5.74) is 0.471. The van der Waals surface area contributed by atoms with Gasteiger partial charge in [0, 0.05) is 26.2 Å². The lowest BCUT2D eigenvalue weighted by molar-refractivity contribution is -0.144. The number of piperazine rings is 1. The molecule has 0 radical (unpaired) electrons. The monoisotopic (exact) mass is 378 g/mol. The van der Waals surface area contributed by atoms with Crippen LogP contribution < -0.4 is 0 Å². The summed E-state index contributed by atoms with van der Waals surface area (Å²) in [4.78, 5) is 13.6. The van der Waals surface area contributed by atoms with Crippen LogP contribution in [0.15, 0.2) is 59.5 Å². The van der Waals surface area contributed by atoms with Gasteiger partial charge < -0.3 is 5.11 Å². The topological polar surface area (TPSA) is 77.9 Å². The van der Waals surface area contributed by atoms with Crippen LogP contribution in [0.3, 0.4) is 0 Å². The molecule has 1 unspecified atom stereocenters. The summed E-state index contributed by atoms with van der Waals surface area (Å²) in [5.74, 6) is -1.48. The zero-order valence-corrected chi connectivity index (χ0v) is 14.8. The van der Waals surface area contributed by atoms with Gasteiger partial charge in [0.05, 0.1) is 4.90 Å². The van der Waals surface area contributed by atoms with Gasteiger partial charge in [-0.3, -0.25) is 9.69 Å². The second-order valence-corrected chi connectivity index (χ2v) is 7.98. The van der Waals surface area contributed by atoms with E-state index in [1.165, 1.54) is 28.6 Å². The fraction of sp³-hybridized carbons (Fsp3) is 0.278. The van der Waals surface area contributed by atoms with E-state index in [1.807, 2.05) is 0 Å². The minimum absolute atomic E-state index is 0.197. The Balaban J connectivity index is 1.74. The molecule has 6 nitrogen and oxygen atoms in total. The summed E-state index contributed by atoms with van der Waals surface area (Å²) in [6, 6.07) is 12.6. The molecule has 0 aliphatic carbocycles. The van der Waals surface area contributed by atoms with E-state index in [0.717, 1.165) is 0 Å². The first-order valence-corrected chi connectivity index (χ1v) is 9.61. The van der Waals surface area contributed by atoms with Crippen LogP contribution in [-0.2, 0) is 14.8 Å². The first kappa shape index (κ1) is 18.5. The average molecular weight is 378 g/mol. The van der Waals surface area contributed by atoms with Gasteiger partial charge in [0.15, 0.2) is 0 Å². The van der Waals surface area contributed by atoms with Crippen LogP contribution in [-0.4, -0.2) is 54.9 Å². The highest BCUT2D eigenvalue weighted by atomic mass is 32.2. The van der Waals surface area contributed by atoms with E-state index in [1.54, 1.807) is 35.2 Å². The molecular formula is C18H19FN2O4S. The van der Waals surface area contributed by atoms with Crippen molar-refractivity contribution in [3.05, 3.63) is 66.0 Å². The molecule has 3 rings (SSSR count). The van der Waals surface area contributed by atoms with E-state index in [0.29, 0.717) is 5.56 Å². The molecule has 2 aromatic carbocycles. The van der Waals surface area contributed by atoms with E-state index < -0.39 is 27.9 Å². The van der Waals surface area contributed by atoms with Gasteiger partial charge in [-0.05, 0) is 29.8 Å². The highest BCUT2D eigenvalue weighted by molar-refractivity contribution is 7.89. The lowest BCUT2D eigenvalue weighted by Crippen LogP contribution is -2.50. The minimum Gasteiger partial charge on any atom is -0.480 e. The van der Waals surface area contributed by atoms with Crippen molar-refractivity contribution in [1.82, 2.24) is 9.21 Å². The molecule has 1 fully saturated rings. The van der Waals surface area contributed by atoms with Gasteiger partial charge in [-0.2, -0.15) is 4.31 Å². The van der Waals surface area contributed by atoms with Crippen molar-refractivity contribution in [1.29, 1.82) is 0 Å². The molecule has 1 saturated heterocycles. The predicted octanol–water partition coefficient (Wildman–Crippen LogP) is 1.96. The number of hydrogen-bond donors (Lipinski definition) is 1. The van der Waals surface area contributed by atoms with Crippen LogP contribution in [0.1, 0.15) is 11.6 Å². The molecule has 1 heterocycles. The number of carboxylic acid groups (broad SMARTS) is 1. The van der Waals surface area contributed by atoms with Crippen LogP contribution in [0.5, 0.6) is 0 Å². The second-order valence-electron chi connectivity index (χ2n) is 6.05. The Morgan fingerprint density at radius 2 is 1.54 bits per heavy atom. The van der Waals surface area contributed by atoms with Crippen LogP contribution in [0.4, 0.5) is 4.39 Å². The van der Waals surface area contributed by atoms with Gasteiger partial charge in [0.1, 0.15) is 11.9 Å². The third-order valence-electron chi connectivity index (χ3n) is 4.44. The maximum absolute atomic E-state index is 13.1. The standard InChI is InChI=1S/C18H19FN2O4S/c19-15-8-6-14(7-9-15)17(18(22)23)20-10-12-21(13-11-20)26(24,25)16-4-2-1-3-5-16/h1-9,17H,10-13H2,(H,22,23). The summed E-state index contributed by atoms with van der Waals surface area (Å²) >= 11 is 0. The van der Waals surface area contributed by atoms with Crippen LogP contribution in [0.2, 0.25) is 0 Å². The van der Waals surface area contributed by atoms with Crippen molar-refractivity contribution < 1.29 is 22.7 Å². The van der Waals surface area contributed by atoms with Crippen LogP contribution >= 0.6 is 0 Å². The number of nitrogens with zero attached hydrogens (tertiary/aromatic N) is 2. The number of aliphatic carboxylic acids is 1. The zero-order valence-electron chi connectivity index (χ0n) is 14.0. The first-order valence-electron chi connectivity index (χ1n) is 8.17. The van der Waals surface area contributed by atoms with Crippen molar-refractivity contribution in [3.8, 4) is 0 Å². The molecule has 1 aliphatic rings. The van der Waals surface area contributed by atoms with Crippen molar-refractivity contribution in [2.75, 3.05) is 26.2 Å². The van der Waals surface area contributed by atoms with Crippen molar-refractivity contribution in [3.63, 3.8) is 0 Å². The fourth-order valence-corrected chi connectivity index (χ4v) is 4.54. The van der Waals surface area contributed by atoms with E-state index in [2.05, 4.69) is 0 Å². The Morgan fingerprint density at radius 1 is 0.962 bits per heavy atom. The molecule has 1 N–H and O–H groups in total. The van der Waals surface area contributed by atoms with Gasteiger partial charge in [-0.15, -0.1) is 0 Å². The van der Waals surface area contributed by atoms with Gasteiger partial charge in [0.25, 0.3) is 0 Å². The molecule has 1 atom stereocenters. The second kappa shape index (κ2) is 7.53. The summed E-state index contributed by atoms with van der Waals surface area (Å²) in [7, 11) is -3.59. The summed E-state index contributed by atoms with van der Waals surface area (Å²) < 4.78 is 39.8. The fourth-order valence-electron chi connectivity index (χ4n) is 3.10. The largest absolute Gasteiger partial charge is 0.480 e. The molecule has 0 amide bonds. The Bertz CT molecular complexity index is 864. The van der Waals surface area contributed by atoms with Crippen LogP contribution in [0, 0.1) is 5.82 Å². The van der Waals surface area contributed by atoms with E-state index in [4.69, 9.17) is 0 Å². The molecule has 0 bridgehead atoms. The predicted molar refractivity (Wildman–Crippen MR) is 93.6 cm³/mol. The molecule has 0 saturated carbocycles. The minimum atomic E-state index is -3.59. The number of halogens is 1. The smallest absolute Gasteiger partial charge is 0.325 e. The Hall–Kier alpha value is -2.29. The van der Waals surface area contributed by atoms with Gasteiger partial charge >= 0.3 is 5.97 Å². The highest BCUT2D eigenvalue weighted by Crippen LogP contribution is 2.25. The van der Waals surface area contributed by atoms with E-state index in [-0.39, 0.29) is 31.1 Å². The van der Waals surface area contributed by atoms with E-state index >= 15 is 0 Å². The third-order valence-corrected chi connectivity index (χ3v) is 6.35. The zero-order chi connectivity index (χ0) is 18.7. The van der Waals surface area contributed by atoms with Crippen molar-refractivity contribution in [2.45, 2.75) is 10.9 Å². The molecule has 1 aliphatic heterocycles. The number of benzene rings is 2. The highest BCUT2D eigenvalue weighted by Gasteiger charge is 2.34. The maximum atomic E-state index is 13.1. The Kier molecular flexibility index (Phi) is 5.36. The summed E-state index contributed by atoms with van der Waals surface area (Å²) in [5, 5.41) is 9.58. The normalized spacial score (nSPS) is 17.7. The maximum Gasteiger partial charge on any atom is 0.325 e. The quantitative estimate of drug-likeness (QED) is 0.861. The summed E-state index contributed by atoms with van der Waals surface area (Å²) in [6.45, 7) is 0.950. The molecule has 8 heteroatoms. The molecule has 0 aromatic heterocycles. The van der Waals surface area contributed by atoms with Gasteiger partial charge in [-0.1, -0.05) is 30.3 Å². The number of carboxylic acids is 1. The Labute approximate surface area is 151 Å². The molecular weight excluding hydrogens is 359 g/mol. The number of hydrogen-bond acceptors (Lipinski definition) is 4. The third kappa shape index (κ3) is 3.77. The lowest BCUT2D eigenvalue weighted by atomic mass is 10.0. The molecule has 26 heavy (non-hydrogen) atoms. The van der Waals surface area contributed by atoms with E-state index in [9.17, 15) is 22.7 Å². The SMILES string of the molecule is O=C(O)C(c1ccc(F)cc1)N1CCN(S(=O)(=O)c2ccccc2)CC1. The van der Waals surface area contributed by atoms with Gasteiger partial charge in [-0.25, -0.2) is 12.8 Å². The molecule has 2 aromatic rings. The van der Waals surface area contributed by atoms with Crippen molar-refractivity contribution in [2.24, 2.45) is 0 Å². The Morgan fingerprint density at radius 3 is 2.08 bits per heavy atom. The summed E-state index contributed by atoms with van der Waals surface area (Å²) in [6.07, 6.45) is 0. The van der Waals surface area contributed by atoms with Crippen LogP contribution in [0.25, 0.3) is 0 Å². The molecule has 0 spiro atoms. The number of sulfonamides is 1.